The number of carbonyl (C=O) groups excluding carboxylic acids is 1. The van der Waals surface area contributed by atoms with Gasteiger partial charge in [-0.25, -0.2) is 0 Å². The molecule has 2 rings (SSSR count). The number of rotatable bonds is 2. The van der Waals surface area contributed by atoms with Gasteiger partial charge in [-0.3, -0.25) is 4.79 Å². The number of hydrogen-bond acceptors (Lipinski definition) is 3. The minimum absolute atomic E-state index is 0.200. The molecule has 0 aliphatic heterocycles. The Hall–Kier alpha value is -1.86. The molecule has 1 amide bonds. The van der Waals surface area contributed by atoms with Crippen LogP contribution < -0.4 is 5.32 Å². The standard InChI is InChI=1S/C13H12N2OS/c1-13(2,8-14)15-12(16)10-7-17-11-6-4-3-5-9(10)11/h3-7H,1-2H3,(H,15,16). The van der Waals surface area contributed by atoms with Gasteiger partial charge in [0.05, 0.1) is 11.6 Å². The van der Waals surface area contributed by atoms with Crippen LogP contribution in [-0.2, 0) is 0 Å². The normalized spacial score (nSPS) is 11.1. The summed E-state index contributed by atoms with van der Waals surface area (Å²) in [6.07, 6.45) is 0. The second-order valence-corrected chi connectivity index (χ2v) is 5.25. The molecule has 0 atom stereocenters. The number of amides is 1. The highest BCUT2D eigenvalue weighted by molar-refractivity contribution is 7.17. The molecule has 1 heterocycles. The molecule has 0 saturated carbocycles. The van der Waals surface area contributed by atoms with Crippen LogP contribution in [-0.4, -0.2) is 11.4 Å². The maximum absolute atomic E-state index is 12.0. The van der Waals surface area contributed by atoms with Crippen LogP contribution in [0.3, 0.4) is 0 Å². The zero-order valence-corrected chi connectivity index (χ0v) is 10.5. The third kappa shape index (κ3) is 2.29. The van der Waals surface area contributed by atoms with Gasteiger partial charge in [0.25, 0.3) is 5.91 Å². The number of carbonyl (C=O) groups is 1. The van der Waals surface area contributed by atoms with Crippen LogP contribution in [0.25, 0.3) is 10.1 Å². The number of nitrogens with zero attached hydrogens (tertiary/aromatic N) is 1. The van der Waals surface area contributed by atoms with Crippen molar-refractivity contribution in [1.29, 1.82) is 5.26 Å². The number of fused-ring (bicyclic) bond motifs is 1. The second-order valence-electron chi connectivity index (χ2n) is 4.34. The molecule has 0 spiro atoms. The summed E-state index contributed by atoms with van der Waals surface area (Å²) < 4.78 is 1.08. The third-order valence-corrected chi connectivity index (χ3v) is 3.39. The van der Waals surface area contributed by atoms with E-state index in [0.717, 1.165) is 10.1 Å². The van der Waals surface area contributed by atoms with Crippen LogP contribution in [0.2, 0.25) is 0 Å². The van der Waals surface area contributed by atoms with E-state index in [0.29, 0.717) is 5.56 Å². The van der Waals surface area contributed by atoms with Gasteiger partial charge in [-0.1, -0.05) is 18.2 Å². The summed E-state index contributed by atoms with van der Waals surface area (Å²) in [7, 11) is 0. The zero-order chi connectivity index (χ0) is 12.5. The van der Waals surface area contributed by atoms with Crippen LogP contribution in [0, 0.1) is 11.3 Å². The summed E-state index contributed by atoms with van der Waals surface area (Å²) in [6, 6.07) is 9.80. The molecule has 1 aromatic heterocycles. The molecular formula is C13H12N2OS. The summed E-state index contributed by atoms with van der Waals surface area (Å²) in [6.45, 7) is 3.36. The zero-order valence-electron chi connectivity index (χ0n) is 9.65. The van der Waals surface area contributed by atoms with Gasteiger partial charge in [-0.2, -0.15) is 5.26 Å². The van der Waals surface area contributed by atoms with Crippen LogP contribution in [0.4, 0.5) is 0 Å². The Morgan fingerprint density at radius 3 is 2.82 bits per heavy atom. The van der Waals surface area contributed by atoms with Crippen LogP contribution in [0.1, 0.15) is 24.2 Å². The van der Waals surface area contributed by atoms with E-state index in [1.54, 1.807) is 13.8 Å². The molecule has 0 saturated heterocycles. The molecule has 0 unspecified atom stereocenters. The van der Waals surface area contributed by atoms with Crippen molar-refractivity contribution in [2.45, 2.75) is 19.4 Å². The van der Waals surface area contributed by atoms with Crippen LogP contribution in [0.5, 0.6) is 0 Å². The first-order valence-electron chi connectivity index (χ1n) is 5.23. The van der Waals surface area contributed by atoms with E-state index >= 15 is 0 Å². The Bertz CT molecular complexity index is 607. The van der Waals surface area contributed by atoms with Crippen LogP contribution >= 0.6 is 11.3 Å². The summed E-state index contributed by atoms with van der Waals surface area (Å²) in [5.74, 6) is -0.200. The molecule has 2 aromatic rings. The summed E-state index contributed by atoms with van der Waals surface area (Å²) in [5.41, 5.74) is -0.214. The topological polar surface area (TPSA) is 52.9 Å². The fourth-order valence-corrected chi connectivity index (χ4v) is 2.47. The quantitative estimate of drug-likeness (QED) is 0.883. The largest absolute Gasteiger partial charge is 0.334 e. The first kappa shape index (κ1) is 11.6. The number of hydrogen-bond donors (Lipinski definition) is 1. The lowest BCUT2D eigenvalue weighted by molar-refractivity contribution is 0.0931. The Kier molecular flexibility index (Phi) is 2.86. The van der Waals surface area contributed by atoms with Gasteiger partial charge < -0.3 is 5.32 Å². The molecule has 0 fully saturated rings. The number of nitrogens with one attached hydrogen (secondary N) is 1. The Morgan fingerprint density at radius 1 is 1.41 bits per heavy atom. The minimum Gasteiger partial charge on any atom is -0.334 e. The predicted molar refractivity (Wildman–Crippen MR) is 69.0 cm³/mol. The van der Waals surface area contributed by atoms with Crippen molar-refractivity contribution in [3.63, 3.8) is 0 Å². The summed E-state index contributed by atoms with van der Waals surface area (Å²) in [4.78, 5) is 12.0. The third-order valence-electron chi connectivity index (χ3n) is 2.43. The van der Waals surface area contributed by atoms with Gasteiger partial charge in [0, 0.05) is 15.5 Å². The second kappa shape index (κ2) is 4.19. The van der Waals surface area contributed by atoms with Crippen molar-refractivity contribution in [1.82, 2.24) is 5.32 Å². The predicted octanol–water partition coefficient (Wildman–Crippen LogP) is 2.93. The lowest BCUT2D eigenvalue weighted by atomic mass is 10.1. The molecular weight excluding hydrogens is 232 g/mol. The molecule has 0 aliphatic rings. The number of thiophene rings is 1. The molecule has 1 aromatic carbocycles. The first-order valence-corrected chi connectivity index (χ1v) is 6.11. The molecule has 0 aliphatic carbocycles. The van der Waals surface area contributed by atoms with E-state index < -0.39 is 5.54 Å². The molecule has 0 bridgehead atoms. The van der Waals surface area contributed by atoms with E-state index in [-0.39, 0.29) is 5.91 Å². The van der Waals surface area contributed by atoms with Gasteiger partial charge in [-0.05, 0) is 19.9 Å². The van der Waals surface area contributed by atoms with Crippen molar-refractivity contribution in [3.8, 4) is 6.07 Å². The van der Waals surface area contributed by atoms with Crippen LogP contribution in [0.15, 0.2) is 29.6 Å². The van der Waals surface area contributed by atoms with Gasteiger partial charge in [0.2, 0.25) is 0 Å². The minimum atomic E-state index is -0.847. The molecule has 4 heteroatoms. The SMILES string of the molecule is CC(C)(C#N)NC(=O)c1csc2ccccc12. The van der Waals surface area contributed by atoms with Crippen molar-refractivity contribution < 1.29 is 4.79 Å². The van der Waals surface area contributed by atoms with Gasteiger partial charge in [-0.15, -0.1) is 11.3 Å². The van der Waals surface area contributed by atoms with E-state index in [1.807, 2.05) is 29.6 Å². The maximum atomic E-state index is 12.0. The Morgan fingerprint density at radius 2 is 2.12 bits per heavy atom. The highest BCUT2D eigenvalue weighted by Gasteiger charge is 2.21. The van der Waals surface area contributed by atoms with E-state index in [4.69, 9.17) is 5.26 Å². The molecule has 3 nitrogen and oxygen atoms in total. The fraction of sp³-hybridized carbons (Fsp3) is 0.231. The first-order chi connectivity index (χ1) is 8.03. The van der Waals surface area contributed by atoms with E-state index in [1.165, 1.54) is 11.3 Å². The van der Waals surface area contributed by atoms with E-state index in [9.17, 15) is 4.79 Å². The highest BCUT2D eigenvalue weighted by atomic mass is 32.1. The summed E-state index contributed by atoms with van der Waals surface area (Å²) in [5, 5.41) is 14.4. The van der Waals surface area contributed by atoms with Gasteiger partial charge in [0.1, 0.15) is 5.54 Å². The summed E-state index contributed by atoms with van der Waals surface area (Å²) >= 11 is 1.53. The van der Waals surface area contributed by atoms with Crippen molar-refractivity contribution >= 4 is 27.3 Å². The van der Waals surface area contributed by atoms with Crippen molar-refractivity contribution in [2.75, 3.05) is 0 Å². The Balaban J connectivity index is 2.35. The smallest absolute Gasteiger partial charge is 0.253 e. The average molecular weight is 244 g/mol. The van der Waals surface area contributed by atoms with E-state index in [2.05, 4.69) is 11.4 Å². The molecule has 17 heavy (non-hydrogen) atoms. The van der Waals surface area contributed by atoms with Gasteiger partial charge >= 0.3 is 0 Å². The van der Waals surface area contributed by atoms with Crippen molar-refractivity contribution in [2.24, 2.45) is 0 Å². The average Bonchev–Trinajstić information content (AvgIpc) is 2.72. The lowest BCUT2D eigenvalue weighted by Crippen LogP contribution is -2.41. The monoisotopic (exact) mass is 244 g/mol. The molecule has 1 N–H and O–H groups in total. The van der Waals surface area contributed by atoms with Crippen molar-refractivity contribution in [3.05, 3.63) is 35.2 Å². The Labute approximate surface area is 104 Å². The highest BCUT2D eigenvalue weighted by Crippen LogP contribution is 2.25. The maximum Gasteiger partial charge on any atom is 0.253 e. The number of benzene rings is 1. The number of nitriles is 1. The molecule has 0 radical (unpaired) electrons. The molecule has 86 valence electrons. The fourth-order valence-electron chi connectivity index (χ4n) is 1.53. The lowest BCUT2D eigenvalue weighted by Gasteiger charge is -2.16. The van der Waals surface area contributed by atoms with Gasteiger partial charge in [0.15, 0.2) is 0 Å².